The first-order valence-corrected chi connectivity index (χ1v) is 9.62. The zero-order chi connectivity index (χ0) is 21.2. The summed E-state index contributed by atoms with van der Waals surface area (Å²) in [5.41, 5.74) is -0.0782. The molecule has 2 aromatic rings. The van der Waals surface area contributed by atoms with Crippen molar-refractivity contribution in [1.82, 2.24) is 20.3 Å². The number of methoxy groups -OCH3 is 1. The minimum Gasteiger partial charge on any atom is -0.362 e. The van der Waals surface area contributed by atoms with Gasteiger partial charge in [0.2, 0.25) is 0 Å². The maximum atomic E-state index is 15.3. The zero-order valence-corrected chi connectivity index (χ0v) is 17.6. The van der Waals surface area contributed by atoms with Gasteiger partial charge in [-0.25, -0.2) is 14.4 Å². The van der Waals surface area contributed by atoms with Gasteiger partial charge in [0, 0.05) is 24.0 Å². The van der Waals surface area contributed by atoms with Crippen LogP contribution in [0.3, 0.4) is 0 Å². The number of carbonyl (C=O) groups excluding carboxylic acids is 1. The molecule has 2 aromatic heterocycles. The fourth-order valence-electron chi connectivity index (χ4n) is 3.16. The maximum absolute atomic E-state index is 15.3. The second-order valence-electron chi connectivity index (χ2n) is 6.46. The molecule has 6 nitrogen and oxygen atoms in total. The predicted octanol–water partition coefficient (Wildman–Crippen LogP) is 4.03. The topological polar surface area (TPSA) is 77.0 Å². The summed E-state index contributed by atoms with van der Waals surface area (Å²) in [6, 6.07) is 2.31. The van der Waals surface area contributed by atoms with Gasteiger partial charge in [-0.2, -0.15) is 0 Å². The van der Waals surface area contributed by atoms with E-state index in [9.17, 15) is 4.79 Å². The van der Waals surface area contributed by atoms with Gasteiger partial charge in [-0.05, 0) is 37.6 Å². The second-order valence-corrected chi connectivity index (χ2v) is 7.27. The molecule has 1 aliphatic carbocycles. The molecule has 1 N–H and O–H groups in total. The molecular formula is C20H19Cl2FN4O2. The van der Waals surface area contributed by atoms with E-state index in [1.54, 1.807) is 12.1 Å². The number of halogens is 3. The lowest BCUT2D eigenvalue weighted by Gasteiger charge is -2.39. The zero-order valence-electron chi connectivity index (χ0n) is 16.0. The van der Waals surface area contributed by atoms with E-state index in [-0.39, 0.29) is 15.7 Å². The number of hydrogen-bond acceptors (Lipinski definition) is 5. The summed E-state index contributed by atoms with van der Waals surface area (Å²) in [5.74, 6) is -1.21. The molecule has 1 aliphatic rings. The van der Waals surface area contributed by atoms with Crippen molar-refractivity contribution < 1.29 is 13.9 Å². The Morgan fingerprint density at radius 3 is 2.69 bits per heavy atom. The number of rotatable bonds is 5. The van der Waals surface area contributed by atoms with E-state index < -0.39 is 23.4 Å². The van der Waals surface area contributed by atoms with Gasteiger partial charge in [0.1, 0.15) is 17.8 Å². The fourth-order valence-corrected chi connectivity index (χ4v) is 3.76. The summed E-state index contributed by atoms with van der Waals surface area (Å²) < 4.78 is 21.0. The van der Waals surface area contributed by atoms with Gasteiger partial charge >= 0.3 is 0 Å². The largest absolute Gasteiger partial charge is 0.362 e. The average Bonchev–Trinajstić information content (AvgIpc) is 2.69. The van der Waals surface area contributed by atoms with Gasteiger partial charge in [-0.1, -0.05) is 30.1 Å². The lowest BCUT2D eigenvalue weighted by molar-refractivity contribution is -0.0230. The molecule has 0 saturated heterocycles. The predicted molar refractivity (Wildman–Crippen MR) is 108 cm³/mol. The molecule has 1 amide bonds. The molecule has 152 valence electrons. The van der Waals surface area contributed by atoms with Crippen LogP contribution >= 0.6 is 23.2 Å². The van der Waals surface area contributed by atoms with Crippen molar-refractivity contribution in [3.63, 3.8) is 0 Å². The minimum absolute atomic E-state index is 0.106. The minimum atomic E-state index is -1.80. The van der Waals surface area contributed by atoms with E-state index in [2.05, 4.69) is 20.3 Å². The molecule has 0 aromatic carbocycles. The van der Waals surface area contributed by atoms with E-state index in [0.29, 0.717) is 17.7 Å². The maximum Gasteiger partial charge on any atom is 0.253 e. The fraction of sp³-hybridized carbons (Fsp3) is 0.300. The molecule has 0 spiro atoms. The molecule has 2 heterocycles. The third-order valence-corrected chi connectivity index (χ3v) is 5.35. The Hall–Kier alpha value is -2.35. The highest BCUT2D eigenvalue weighted by molar-refractivity contribution is 6.32. The Balaban J connectivity index is 2.09. The van der Waals surface area contributed by atoms with Crippen LogP contribution in [0.15, 0.2) is 47.7 Å². The van der Waals surface area contributed by atoms with Gasteiger partial charge in [-0.15, -0.1) is 0 Å². The summed E-state index contributed by atoms with van der Waals surface area (Å²) in [6.45, 7) is 3.68. The lowest BCUT2D eigenvalue weighted by atomic mass is 9.84. The average molecular weight is 437 g/mol. The Labute approximate surface area is 177 Å². The van der Waals surface area contributed by atoms with Crippen LogP contribution in [0.4, 0.5) is 4.39 Å². The molecule has 29 heavy (non-hydrogen) atoms. The van der Waals surface area contributed by atoms with Gasteiger partial charge in [0.25, 0.3) is 5.91 Å². The highest BCUT2D eigenvalue weighted by atomic mass is 35.5. The molecule has 0 bridgehead atoms. The Kier molecular flexibility index (Phi) is 6.31. The van der Waals surface area contributed by atoms with E-state index in [4.69, 9.17) is 27.9 Å². The molecule has 0 aliphatic heterocycles. The quantitative estimate of drug-likeness (QED) is 0.765. The van der Waals surface area contributed by atoms with Crippen molar-refractivity contribution in [2.24, 2.45) is 0 Å². The van der Waals surface area contributed by atoms with E-state index in [0.717, 1.165) is 11.8 Å². The SMILES string of the molecule is CCc1ncnc(C2(OC)C(F)=CC(Cl)=CC2NC(=O)c2ccc(C)nc2)c1Cl. The molecule has 0 radical (unpaired) electrons. The van der Waals surface area contributed by atoms with Crippen LogP contribution < -0.4 is 5.32 Å². The Morgan fingerprint density at radius 1 is 1.31 bits per heavy atom. The molecule has 2 atom stereocenters. The first-order chi connectivity index (χ1) is 13.8. The number of carbonyl (C=O) groups is 1. The van der Waals surface area contributed by atoms with Crippen molar-refractivity contribution in [1.29, 1.82) is 0 Å². The third kappa shape index (κ3) is 3.90. The van der Waals surface area contributed by atoms with Crippen molar-refractivity contribution in [2.75, 3.05) is 7.11 Å². The summed E-state index contributed by atoms with van der Waals surface area (Å²) in [4.78, 5) is 25.2. The number of aromatic nitrogens is 3. The molecule has 0 fully saturated rings. The molecular weight excluding hydrogens is 418 g/mol. The summed E-state index contributed by atoms with van der Waals surface area (Å²) >= 11 is 12.6. The lowest BCUT2D eigenvalue weighted by Crippen LogP contribution is -2.53. The number of nitrogens with one attached hydrogen (secondary N) is 1. The molecule has 3 rings (SSSR count). The number of hydrogen-bond donors (Lipinski definition) is 1. The third-order valence-electron chi connectivity index (χ3n) is 4.71. The van der Waals surface area contributed by atoms with E-state index in [1.165, 1.54) is 25.7 Å². The summed E-state index contributed by atoms with van der Waals surface area (Å²) in [7, 11) is 1.32. The van der Waals surface area contributed by atoms with Crippen LogP contribution in [0.2, 0.25) is 5.02 Å². The second kappa shape index (κ2) is 8.57. The van der Waals surface area contributed by atoms with Crippen LogP contribution in [-0.2, 0) is 16.8 Å². The van der Waals surface area contributed by atoms with Gasteiger partial charge in [-0.3, -0.25) is 9.78 Å². The van der Waals surface area contributed by atoms with E-state index >= 15 is 4.39 Å². The molecule has 2 unspecified atom stereocenters. The smallest absolute Gasteiger partial charge is 0.253 e. The van der Waals surface area contributed by atoms with Crippen LogP contribution in [0.1, 0.15) is 34.4 Å². The van der Waals surface area contributed by atoms with E-state index in [1.807, 2.05) is 13.8 Å². The van der Waals surface area contributed by atoms with Crippen LogP contribution in [-0.4, -0.2) is 34.0 Å². The summed E-state index contributed by atoms with van der Waals surface area (Å²) in [6.07, 6.45) is 5.84. The van der Waals surface area contributed by atoms with Crippen molar-refractivity contribution >= 4 is 29.1 Å². The highest BCUT2D eigenvalue weighted by Crippen LogP contribution is 2.44. The number of nitrogens with zero attached hydrogens (tertiary/aromatic N) is 3. The first kappa shape index (κ1) is 21.4. The Bertz CT molecular complexity index is 994. The van der Waals surface area contributed by atoms with Gasteiger partial charge < -0.3 is 10.1 Å². The Morgan fingerprint density at radius 2 is 2.07 bits per heavy atom. The van der Waals surface area contributed by atoms with Crippen molar-refractivity contribution in [3.05, 3.63) is 75.3 Å². The van der Waals surface area contributed by atoms with Crippen LogP contribution in [0.5, 0.6) is 0 Å². The monoisotopic (exact) mass is 436 g/mol. The molecule has 9 heteroatoms. The van der Waals surface area contributed by atoms with Crippen LogP contribution in [0.25, 0.3) is 0 Å². The number of pyridine rings is 1. The van der Waals surface area contributed by atoms with Crippen molar-refractivity contribution in [2.45, 2.75) is 31.9 Å². The number of allylic oxidation sites excluding steroid dienone is 2. The normalized spacial score (nSPS) is 21.4. The van der Waals surface area contributed by atoms with Crippen LogP contribution in [0, 0.1) is 6.92 Å². The standard InChI is InChI=1S/C20H19Cl2FN4O2/c1-4-14-17(22)18(26-10-25-14)20(29-3)15(23)7-13(21)8-16(20)27-19(28)12-6-5-11(2)24-9-12/h5-10,16H,4H2,1-3H3,(H,27,28). The number of amides is 1. The summed E-state index contributed by atoms with van der Waals surface area (Å²) in [5, 5.41) is 3.04. The first-order valence-electron chi connectivity index (χ1n) is 8.87. The molecule has 0 saturated carbocycles. The number of aryl methyl sites for hydroxylation is 2. The highest BCUT2D eigenvalue weighted by Gasteiger charge is 2.50. The van der Waals surface area contributed by atoms with Gasteiger partial charge in [0.15, 0.2) is 5.60 Å². The van der Waals surface area contributed by atoms with Crippen molar-refractivity contribution in [3.8, 4) is 0 Å². The number of ether oxygens (including phenoxy) is 1. The van der Waals surface area contributed by atoms with Gasteiger partial charge in [0.05, 0.1) is 22.3 Å².